The first-order valence-corrected chi connectivity index (χ1v) is 9.89. The number of ketones is 1. The number of nitrogens with zero attached hydrogens (tertiary/aromatic N) is 1. The SMILES string of the molecule is COc1cc(C(=O)N2CC(=O)Nc3cc(C(C)=O)ccc32)cc(-c2ccsc2)c1. The normalized spacial score (nSPS) is 12.9. The van der Waals surface area contributed by atoms with Crippen molar-refractivity contribution in [3.63, 3.8) is 0 Å². The summed E-state index contributed by atoms with van der Waals surface area (Å²) >= 11 is 1.57. The first-order chi connectivity index (χ1) is 14.0. The highest BCUT2D eigenvalue weighted by molar-refractivity contribution is 7.08. The minimum Gasteiger partial charge on any atom is -0.497 e. The van der Waals surface area contributed by atoms with Gasteiger partial charge in [-0.15, -0.1) is 0 Å². The minimum atomic E-state index is -0.313. The van der Waals surface area contributed by atoms with Crippen molar-refractivity contribution in [1.82, 2.24) is 0 Å². The second-order valence-electron chi connectivity index (χ2n) is 6.69. The van der Waals surface area contributed by atoms with E-state index in [1.807, 2.05) is 22.9 Å². The van der Waals surface area contributed by atoms with E-state index in [9.17, 15) is 14.4 Å². The van der Waals surface area contributed by atoms with Crippen molar-refractivity contribution in [2.24, 2.45) is 0 Å². The number of anilines is 2. The lowest BCUT2D eigenvalue weighted by atomic mass is 10.0. The molecule has 146 valence electrons. The zero-order valence-electron chi connectivity index (χ0n) is 15.9. The third-order valence-corrected chi connectivity index (χ3v) is 5.44. The number of thiophene rings is 1. The molecule has 0 saturated carbocycles. The van der Waals surface area contributed by atoms with E-state index in [0.29, 0.717) is 28.3 Å². The van der Waals surface area contributed by atoms with E-state index < -0.39 is 0 Å². The summed E-state index contributed by atoms with van der Waals surface area (Å²) in [6.45, 7) is 1.35. The predicted molar refractivity (Wildman–Crippen MR) is 113 cm³/mol. The molecule has 2 aromatic carbocycles. The van der Waals surface area contributed by atoms with Gasteiger partial charge in [0.15, 0.2) is 5.78 Å². The van der Waals surface area contributed by atoms with Gasteiger partial charge in [-0.25, -0.2) is 0 Å². The van der Waals surface area contributed by atoms with E-state index in [-0.39, 0.29) is 24.1 Å². The molecular weight excluding hydrogens is 388 g/mol. The van der Waals surface area contributed by atoms with Crippen molar-refractivity contribution in [1.29, 1.82) is 0 Å². The number of fused-ring (bicyclic) bond motifs is 1. The molecule has 29 heavy (non-hydrogen) atoms. The highest BCUT2D eigenvalue weighted by Gasteiger charge is 2.28. The van der Waals surface area contributed by atoms with Gasteiger partial charge in [0.2, 0.25) is 5.91 Å². The summed E-state index contributed by atoms with van der Waals surface area (Å²) in [5.41, 5.74) is 3.75. The number of Topliss-reactive ketones (excluding diaryl/α,β-unsaturated/α-hetero) is 1. The monoisotopic (exact) mass is 406 g/mol. The molecule has 0 bridgehead atoms. The number of carbonyl (C=O) groups is 3. The molecule has 0 atom stereocenters. The number of carbonyl (C=O) groups excluding carboxylic acids is 3. The van der Waals surface area contributed by atoms with Gasteiger partial charge >= 0.3 is 0 Å². The molecule has 1 aromatic heterocycles. The lowest BCUT2D eigenvalue weighted by Gasteiger charge is -2.29. The van der Waals surface area contributed by atoms with Crippen molar-refractivity contribution in [2.45, 2.75) is 6.92 Å². The number of hydrogen-bond acceptors (Lipinski definition) is 5. The molecular formula is C22H18N2O4S. The van der Waals surface area contributed by atoms with Gasteiger partial charge in [0.1, 0.15) is 12.3 Å². The van der Waals surface area contributed by atoms with Gasteiger partial charge in [-0.1, -0.05) is 0 Å². The van der Waals surface area contributed by atoms with Crippen LogP contribution >= 0.6 is 11.3 Å². The molecule has 0 radical (unpaired) electrons. The van der Waals surface area contributed by atoms with Crippen molar-refractivity contribution >= 4 is 40.3 Å². The average Bonchev–Trinajstić information content (AvgIpc) is 3.26. The van der Waals surface area contributed by atoms with Crippen molar-refractivity contribution < 1.29 is 19.1 Å². The van der Waals surface area contributed by atoms with E-state index in [0.717, 1.165) is 11.1 Å². The van der Waals surface area contributed by atoms with Gasteiger partial charge < -0.3 is 10.1 Å². The molecule has 0 unspecified atom stereocenters. The third-order valence-electron chi connectivity index (χ3n) is 4.76. The molecule has 0 aliphatic carbocycles. The summed E-state index contributed by atoms with van der Waals surface area (Å²) in [6.07, 6.45) is 0. The van der Waals surface area contributed by atoms with E-state index in [4.69, 9.17) is 4.74 Å². The topological polar surface area (TPSA) is 75.7 Å². The molecule has 1 N–H and O–H groups in total. The lowest BCUT2D eigenvalue weighted by molar-refractivity contribution is -0.115. The van der Waals surface area contributed by atoms with Crippen LogP contribution in [-0.2, 0) is 4.79 Å². The summed E-state index contributed by atoms with van der Waals surface area (Å²) in [7, 11) is 1.55. The molecule has 7 heteroatoms. The van der Waals surface area contributed by atoms with Crippen LogP contribution in [0.25, 0.3) is 11.1 Å². The first kappa shape index (κ1) is 18.9. The zero-order valence-corrected chi connectivity index (χ0v) is 16.7. The summed E-state index contributed by atoms with van der Waals surface area (Å²) in [4.78, 5) is 38.6. The van der Waals surface area contributed by atoms with Gasteiger partial charge in [0.25, 0.3) is 5.91 Å². The van der Waals surface area contributed by atoms with E-state index in [2.05, 4.69) is 5.32 Å². The van der Waals surface area contributed by atoms with E-state index in [1.165, 1.54) is 11.8 Å². The molecule has 1 aliphatic rings. The Morgan fingerprint density at radius 3 is 2.59 bits per heavy atom. The largest absolute Gasteiger partial charge is 0.497 e. The standard InChI is InChI=1S/C22H18N2O4S/c1-13(25)14-3-4-20-19(10-14)23-21(26)11-24(20)22(27)17-7-16(8-18(9-17)28-2)15-5-6-29-12-15/h3-10,12H,11H2,1-2H3,(H,23,26). The van der Waals surface area contributed by atoms with Gasteiger partial charge in [-0.2, -0.15) is 11.3 Å². The van der Waals surface area contributed by atoms with Crippen LogP contribution in [-0.4, -0.2) is 31.3 Å². The number of methoxy groups -OCH3 is 1. The number of hydrogen-bond donors (Lipinski definition) is 1. The molecule has 0 spiro atoms. The maximum absolute atomic E-state index is 13.3. The lowest BCUT2D eigenvalue weighted by Crippen LogP contribution is -2.42. The molecule has 1 aliphatic heterocycles. The number of nitrogens with one attached hydrogen (secondary N) is 1. The molecule has 2 heterocycles. The number of rotatable bonds is 4. The fraction of sp³-hybridized carbons (Fsp3) is 0.136. The maximum atomic E-state index is 13.3. The Kier molecular flexibility index (Phi) is 4.90. The van der Waals surface area contributed by atoms with Crippen LogP contribution in [0.15, 0.2) is 53.2 Å². The maximum Gasteiger partial charge on any atom is 0.258 e. The van der Waals surface area contributed by atoms with Crippen LogP contribution in [0.2, 0.25) is 0 Å². The molecule has 6 nitrogen and oxygen atoms in total. The Balaban J connectivity index is 1.76. The molecule has 2 amide bonds. The number of benzene rings is 2. The number of ether oxygens (including phenoxy) is 1. The Morgan fingerprint density at radius 1 is 1.07 bits per heavy atom. The summed E-state index contributed by atoms with van der Waals surface area (Å²) < 4.78 is 5.38. The van der Waals surface area contributed by atoms with Crippen LogP contribution in [0.4, 0.5) is 11.4 Å². The summed E-state index contributed by atoms with van der Waals surface area (Å²) in [5, 5.41) is 6.70. The predicted octanol–water partition coefficient (Wildman–Crippen LogP) is 4.23. The summed E-state index contributed by atoms with van der Waals surface area (Å²) in [6, 6.07) is 12.2. The Hall–Kier alpha value is -3.45. The molecule has 4 rings (SSSR count). The van der Waals surface area contributed by atoms with Crippen molar-refractivity contribution in [3.05, 3.63) is 64.4 Å². The highest BCUT2D eigenvalue weighted by Crippen LogP contribution is 2.33. The van der Waals surface area contributed by atoms with Crippen LogP contribution in [0.1, 0.15) is 27.6 Å². The Labute approximate surface area is 171 Å². The average molecular weight is 406 g/mol. The smallest absolute Gasteiger partial charge is 0.258 e. The zero-order chi connectivity index (χ0) is 20.5. The molecule has 0 fully saturated rings. The van der Waals surface area contributed by atoms with Crippen molar-refractivity contribution in [3.8, 4) is 16.9 Å². The Bertz CT molecular complexity index is 1120. The molecule has 3 aromatic rings. The minimum absolute atomic E-state index is 0.101. The van der Waals surface area contributed by atoms with Gasteiger partial charge in [-0.05, 0) is 71.3 Å². The van der Waals surface area contributed by atoms with Crippen LogP contribution in [0, 0.1) is 0 Å². The van der Waals surface area contributed by atoms with Gasteiger partial charge in [0.05, 0.1) is 18.5 Å². The summed E-state index contributed by atoms with van der Waals surface area (Å²) in [5.74, 6) is -0.177. The second-order valence-corrected chi connectivity index (χ2v) is 7.47. The van der Waals surface area contributed by atoms with Crippen molar-refractivity contribution in [2.75, 3.05) is 23.9 Å². The Morgan fingerprint density at radius 2 is 1.90 bits per heavy atom. The van der Waals surface area contributed by atoms with E-state index in [1.54, 1.807) is 48.8 Å². The highest BCUT2D eigenvalue weighted by atomic mass is 32.1. The fourth-order valence-corrected chi connectivity index (χ4v) is 3.95. The second kappa shape index (κ2) is 7.52. The van der Waals surface area contributed by atoms with Gasteiger partial charge in [0, 0.05) is 11.1 Å². The van der Waals surface area contributed by atoms with Crippen LogP contribution in [0.3, 0.4) is 0 Å². The van der Waals surface area contributed by atoms with Crippen LogP contribution < -0.4 is 15.0 Å². The first-order valence-electron chi connectivity index (χ1n) is 8.94. The third kappa shape index (κ3) is 3.64. The molecule has 0 saturated heterocycles. The quantitative estimate of drug-likeness (QED) is 0.658. The fourth-order valence-electron chi connectivity index (χ4n) is 3.28. The van der Waals surface area contributed by atoms with E-state index >= 15 is 0 Å². The van der Waals surface area contributed by atoms with Gasteiger partial charge in [-0.3, -0.25) is 19.3 Å². The van der Waals surface area contributed by atoms with Crippen LogP contribution in [0.5, 0.6) is 5.75 Å². The number of amides is 2.